The number of anilines is 1. The standard InChI is InChI=1S/C17H20N4O6S2/c1-8-7-28-16-12(15(23)21(16)13(8)17(24)25)19-14(22)11(18)9-4-3-5-10(6-9)20-29(2,26)27/h3-6,11-12,16,20H,7,18H2,1-2H3,(H,19,22)(H,24,25)/t11-,12+,16+/m1/s1. The Balaban J connectivity index is 1.71. The van der Waals surface area contributed by atoms with E-state index in [9.17, 15) is 27.9 Å². The van der Waals surface area contributed by atoms with E-state index in [1.165, 1.54) is 28.8 Å². The van der Waals surface area contributed by atoms with Crippen LogP contribution in [0.3, 0.4) is 0 Å². The van der Waals surface area contributed by atoms with Crippen molar-refractivity contribution in [1.29, 1.82) is 0 Å². The Bertz CT molecular complexity index is 1020. The Morgan fingerprint density at radius 3 is 2.69 bits per heavy atom. The normalized spacial score (nSPS) is 22.4. The number of hydrogen-bond donors (Lipinski definition) is 4. The summed E-state index contributed by atoms with van der Waals surface area (Å²) in [6.45, 7) is 1.65. The molecule has 5 N–H and O–H groups in total. The number of fused-ring (bicyclic) bond motifs is 1. The summed E-state index contributed by atoms with van der Waals surface area (Å²) in [6.07, 6.45) is 1.00. The highest BCUT2D eigenvalue weighted by atomic mass is 32.2. The molecule has 0 spiro atoms. The van der Waals surface area contributed by atoms with Crippen LogP contribution in [-0.2, 0) is 24.4 Å². The van der Waals surface area contributed by atoms with E-state index >= 15 is 0 Å². The van der Waals surface area contributed by atoms with Gasteiger partial charge in [-0.15, -0.1) is 11.8 Å². The van der Waals surface area contributed by atoms with Gasteiger partial charge < -0.3 is 16.2 Å². The van der Waals surface area contributed by atoms with E-state index in [4.69, 9.17) is 5.73 Å². The van der Waals surface area contributed by atoms with Crippen LogP contribution in [-0.4, -0.2) is 59.6 Å². The van der Waals surface area contributed by atoms with Crippen molar-refractivity contribution in [3.8, 4) is 0 Å². The maximum Gasteiger partial charge on any atom is 0.352 e. The number of nitrogens with two attached hydrogens (primary N) is 1. The second kappa shape index (κ2) is 7.69. The quantitative estimate of drug-likeness (QED) is 0.443. The van der Waals surface area contributed by atoms with Gasteiger partial charge in [-0.1, -0.05) is 12.1 Å². The molecule has 1 aromatic carbocycles. The largest absolute Gasteiger partial charge is 0.477 e. The van der Waals surface area contributed by atoms with E-state index in [0.29, 0.717) is 16.9 Å². The van der Waals surface area contributed by atoms with Crippen LogP contribution in [0.4, 0.5) is 5.69 Å². The lowest BCUT2D eigenvalue weighted by Crippen LogP contribution is -2.71. The lowest BCUT2D eigenvalue weighted by atomic mass is 10.0. The molecule has 29 heavy (non-hydrogen) atoms. The molecule has 2 aliphatic rings. The van der Waals surface area contributed by atoms with Gasteiger partial charge in [0.05, 0.1) is 6.26 Å². The van der Waals surface area contributed by atoms with Gasteiger partial charge in [0.15, 0.2) is 0 Å². The minimum absolute atomic E-state index is 0.0481. The Morgan fingerprint density at radius 1 is 1.38 bits per heavy atom. The molecule has 3 rings (SSSR count). The fraction of sp³-hybridized carbons (Fsp3) is 0.353. The number of benzene rings is 1. The molecule has 2 amide bonds. The lowest BCUT2D eigenvalue weighted by Gasteiger charge is -2.49. The number of thioether (sulfide) groups is 1. The first-order valence-electron chi connectivity index (χ1n) is 8.51. The molecule has 0 aromatic heterocycles. The van der Waals surface area contributed by atoms with Crippen LogP contribution in [0, 0.1) is 0 Å². The zero-order valence-electron chi connectivity index (χ0n) is 15.6. The number of nitrogens with zero attached hydrogens (tertiary/aromatic N) is 1. The molecule has 12 heteroatoms. The van der Waals surface area contributed by atoms with Crippen molar-refractivity contribution in [3.63, 3.8) is 0 Å². The number of nitrogens with one attached hydrogen (secondary N) is 2. The van der Waals surface area contributed by atoms with E-state index < -0.39 is 45.3 Å². The number of β-lactam (4-membered cyclic amide) rings is 1. The minimum Gasteiger partial charge on any atom is -0.477 e. The molecule has 1 fully saturated rings. The summed E-state index contributed by atoms with van der Waals surface area (Å²) >= 11 is 1.36. The predicted molar refractivity (Wildman–Crippen MR) is 107 cm³/mol. The van der Waals surface area contributed by atoms with Crippen molar-refractivity contribution >= 4 is 45.3 Å². The van der Waals surface area contributed by atoms with Gasteiger partial charge in [-0.3, -0.25) is 19.2 Å². The molecule has 0 radical (unpaired) electrons. The van der Waals surface area contributed by atoms with Crippen LogP contribution >= 0.6 is 11.8 Å². The number of hydrogen-bond acceptors (Lipinski definition) is 7. The van der Waals surface area contributed by atoms with Gasteiger partial charge in [0.25, 0.3) is 5.91 Å². The van der Waals surface area contributed by atoms with Crippen molar-refractivity contribution in [2.45, 2.75) is 24.4 Å². The van der Waals surface area contributed by atoms with Gasteiger partial charge in [-0.05, 0) is 30.2 Å². The predicted octanol–water partition coefficient (Wildman–Crippen LogP) is -0.184. The highest BCUT2D eigenvalue weighted by molar-refractivity contribution is 8.00. The topological polar surface area (TPSA) is 159 Å². The maximum absolute atomic E-state index is 12.6. The van der Waals surface area contributed by atoms with E-state index in [0.717, 1.165) is 6.26 Å². The molecule has 1 saturated heterocycles. The van der Waals surface area contributed by atoms with Gasteiger partial charge >= 0.3 is 5.97 Å². The number of sulfonamides is 1. The second-order valence-corrected chi connectivity index (χ2v) is 9.66. The van der Waals surface area contributed by atoms with Gasteiger partial charge in [0, 0.05) is 11.4 Å². The molecule has 10 nitrogen and oxygen atoms in total. The fourth-order valence-corrected chi connectivity index (χ4v) is 5.03. The molecule has 0 bridgehead atoms. The zero-order valence-corrected chi connectivity index (χ0v) is 17.2. The van der Waals surface area contributed by atoms with E-state index in [1.807, 2.05) is 0 Å². The molecule has 2 aliphatic heterocycles. The Morgan fingerprint density at radius 2 is 2.07 bits per heavy atom. The first-order valence-corrected chi connectivity index (χ1v) is 11.4. The Labute approximate surface area is 171 Å². The maximum atomic E-state index is 12.6. The highest BCUT2D eigenvalue weighted by Crippen LogP contribution is 2.40. The molecule has 1 aromatic rings. The first kappa shape index (κ1) is 21.1. The third kappa shape index (κ3) is 4.23. The molecule has 0 aliphatic carbocycles. The summed E-state index contributed by atoms with van der Waals surface area (Å²) in [5.41, 5.74) is 7.14. The van der Waals surface area contributed by atoms with E-state index in [1.54, 1.807) is 19.1 Å². The Kier molecular flexibility index (Phi) is 5.61. The van der Waals surface area contributed by atoms with Crippen LogP contribution in [0.1, 0.15) is 18.5 Å². The first-order chi connectivity index (χ1) is 13.5. The van der Waals surface area contributed by atoms with Crippen molar-refractivity contribution in [2.75, 3.05) is 16.7 Å². The molecule has 3 atom stereocenters. The van der Waals surface area contributed by atoms with Crippen LogP contribution in [0.2, 0.25) is 0 Å². The number of rotatable bonds is 6. The smallest absolute Gasteiger partial charge is 0.352 e. The molecule has 0 saturated carbocycles. The molecule has 0 unspecified atom stereocenters. The minimum atomic E-state index is -3.49. The molecule has 156 valence electrons. The van der Waals surface area contributed by atoms with Gasteiger partial charge in [0.2, 0.25) is 15.9 Å². The van der Waals surface area contributed by atoms with Gasteiger partial charge in [-0.25, -0.2) is 13.2 Å². The van der Waals surface area contributed by atoms with Crippen LogP contribution in [0.25, 0.3) is 0 Å². The third-order valence-electron chi connectivity index (χ3n) is 4.49. The number of carbonyl (C=O) groups excluding carboxylic acids is 2. The molecule has 2 heterocycles. The number of carboxylic acids is 1. The second-order valence-electron chi connectivity index (χ2n) is 6.81. The molecular weight excluding hydrogens is 420 g/mol. The van der Waals surface area contributed by atoms with Crippen molar-refractivity contribution in [1.82, 2.24) is 10.2 Å². The van der Waals surface area contributed by atoms with Crippen LogP contribution < -0.4 is 15.8 Å². The summed E-state index contributed by atoms with van der Waals surface area (Å²) in [4.78, 5) is 37.6. The van der Waals surface area contributed by atoms with E-state index in [2.05, 4.69) is 10.0 Å². The number of carbonyl (C=O) groups is 3. The van der Waals surface area contributed by atoms with Crippen molar-refractivity contribution < 1.29 is 27.9 Å². The van der Waals surface area contributed by atoms with E-state index in [-0.39, 0.29) is 11.4 Å². The highest BCUT2D eigenvalue weighted by Gasteiger charge is 2.53. The summed E-state index contributed by atoms with van der Waals surface area (Å²) in [7, 11) is -3.49. The number of aliphatic carboxylic acids is 1. The summed E-state index contributed by atoms with van der Waals surface area (Å²) in [5.74, 6) is -1.87. The fourth-order valence-electron chi connectivity index (χ4n) is 3.18. The van der Waals surface area contributed by atoms with Gasteiger partial charge in [-0.2, -0.15) is 0 Å². The Hall–Kier alpha value is -2.57. The van der Waals surface area contributed by atoms with Crippen molar-refractivity contribution in [2.24, 2.45) is 5.73 Å². The number of amides is 2. The van der Waals surface area contributed by atoms with Gasteiger partial charge in [0.1, 0.15) is 23.2 Å². The summed E-state index contributed by atoms with van der Waals surface area (Å²) in [5, 5.41) is 11.4. The lowest BCUT2D eigenvalue weighted by molar-refractivity contribution is -0.150. The average molecular weight is 441 g/mol. The van der Waals surface area contributed by atoms with Crippen LogP contribution in [0.5, 0.6) is 0 Å². The summed E-state index contributed by atoms with van der Waals surface area (Å²) in [6, 6.07) is 4.06. The third-order valence-corrected chi connectivity index (χ3v) is 6.52. The van der Waals surface area contributed by atoms with Crippen molar-refractivity contribution in [3.05, 3.63) is 41.1 Å². The molecular formula is C17H20N4O6S2. The summed E-state index contributed by atoms with van der Waals surface area (Å²) < 4.78 is 25.0. The average Bonchev–Trinajstić information content (AvgIpc) is 2.63. The monoisotopic (exact) mass is 440 g/mol. The van der Waals surface area contributed by atoms with Crippen LogP contribution in [0.15, 0.2) is 35.5 Å². The SMILES string of the molecule is CC1=C(C(=O)O)N2C(=O)[C@H](NC(=O)[C@H](N)c3cccc(NS(C)(=O)=O)c3)[C@@H]2SC1. The zero-order chi connectivity index (χ0) is 21.5. The number of carboxylic acid groups (broad SMARTS) is 1.